The number of fused-ring (bicyclic) bond motifs is 1. The van der Waals surface area contributed by atoms with Crippen LogP contribution in [0.3, 0.4) is 0 Å². The number of benzene rings is 1. The molecule has 1 aliphatic carbocycles. The van der Waals surface area contributed by atoms with Crippen LogP contribution in [-0.4, -0.2) is 40.3 Å². The minimum atomic E-state index is -0.922. The third kappa shape index (κ3) is 6.16. The number of rotatable bonds is 9. The highest BCUT2D eigenvalue weighted by molar-refractivity contribution is 5.73. The molecule has 1 aliphatic heterocycles. The summed E-state index contributed by atoms with van der Waals surface area (Å²) in [6.07, 6.45) is 3.47. The number of halogens is 2. The standard InChI is InChI=1S/C27H35F2N3O3/c1-16(2)10-19-13-21-23(14-27(8-5-9-27)35-26(21)32-25(19)29)30-15-24(34)22(31-17(3)33)12-18-6-4-7-20(28)11-18/h4,6-7,11,13,16,22-24,30,34H,5,8-10,12,14-15H2,1-3H3,(H,31,33)/t22-,23-,24+/m0/s1. The van der Waals surface area contributed by atoms with Crippen LogP contribution in [0.2, 0.25) is 0 Å². The molecule has 1 fully saturated rings. The Labute approximate surface area is 205 Å². The van der Waals surface area contributed by atoms with Gasteiger partial charge in [0.1, 0.15) is 11.4 Å². The van der Waals surface area contributed by atoms with Gasteiger partial charge in [-0.05, 0) is 61.8 Å². The Morgan fingerprint density at radius 1 is 1.26 bits per heavy atom. The number of hydrogen-bond acceptors (Lipinski definition) is 5. The minimum Gasteiger partial charge on any atom is -0.471 e. The molecule has 1 amide bonds. The first-order valence-corrected chi connectivity index (χ1v) is 12.5. The summed E-state index contributed by atoms with van der Waals surface area (Å²) in [5.74, 6) is -0.521. The van der Waals surface area contributed by atoms with Gasteiger partial charge in [-0.2, -0.15) is 9.37 Å². The molecular formula is C27H35F2N3O3. The number of hydrogen-bond donors (Lipinski definition) is 3. The van der Waals surface area contributed by atoms with Gasteiger partial charge >= 0.3 is 0 Å². The highest BCUT2D eigenvalue weighted by Gasteiger charge is 2.46. The number of aliphatic hydroxyl groups is 1. The van der Waals surface area contributed by atoms with Crippen molar-refractivity contribution in [1.82, 2.24) is 15.6 Å². The highest BCUT2D eigenvalue weighted by atomic mass is 19.1. The van der Waals surface area contributed by atoms with Crippen LogP contribution < -0.4 is 15.4 Å². The molecule has 3 atom stereocenters. The molecular weight excluding hydrogens is 452 g/mol. The fraction of sp³-hybridized carbons (Fsp3) is 0.556. The number of pyridine rings is 1. The molecule has 1 spiro atoms. The smallest absolute Gasteiger partial charge is 0.221 e. The molecule has 1 aromatic heterocycles. The topological polar surface area (TPSA) is 83.5 Å². The predicted molar refractivity (Wildman–Crippen MR) is 129 cm³/mol. The number of carbonyl (C=O) groups excluding carboxylic acids is 1. The summed E-state index contributed by atoms with van der Waals surface area (Å²) in [5, 5.41) is 17.2. The first-order chi connectivity index (χ1) is 16.6. The third-order valence-electron chi connectivity index (χ3n) is 6.97. The molecule has 35 heavy (non-hydrogen) atoms. The number of ether oxygens (including phenoxy) is 1. The van der Waals surface area contributed by atoms with Crippen LogP contribution in [0.1, 0.15) is 69.2 Å². The van der Waals surface area contributed by atoms with Gasteiger partial charge in [-0.1, -0.05) is 26.0 Å². The van der Waals surface area contributed by atoms with E-state index in [1.807, 2.05) is 19.9 Å². The van der Waals surface area contributed by atoms with Crippen molar-refractivity contribution in [3.8, 4) is 5.88 Å². The zero-order valence-electron chi connectivity index (χ0n) is 20.6. The first-order valence-electron chi connectivity index (χ1n) is 12.5. The number of nitrogens with one attached hydrogen (secondary N) is 2. The summed E-state index contributed by atoms with van der Waals surface area (Å²) in [4.78, 5) is 16.0. The lowest BCUT2D eigenvalue weighted by molar-refractivity contribution is -0.120. The van der Waals surface area contributed by atoms with Crippen molar-refractivity contribution in [2.45, 2.75) is 83.1 Å². The van der Waals surface area contributed by atoms with E-state index in [4.69, 9.17) is 4.74 Å². The zero-order valence-corrected chi connectivity index (χ0v) is 20.6. The molecule has 0 unspecified atom stereocenters. The first kappa shape index (κ1) is 25.5. The lowest BCUT2D eigenvalue weighted by Crippen LogP contribution is -2.52. The SMILES string of the molecule is CC(=O)N[C@@H](Cc1cccc(F)c1)[C@H](O)CN[C@H]1CC2(CCC2)Oc2nc(F)c(CC(C)C)cc21. The monoisotopic (exact) mass is 487 g/mol. The van der Waals surface area contributed by atoms with Crippen molar-refractivity contribution >= 4 is 5.91 Å². The van der Waals surface area contributed by atoms with E-state index in [0.29, 0.717) is 36.3 Å². The summed E-state index contributed by atoms with van der Waals surface area (Å²) in [6.45, 7) is 5.65. The fourth-order valence-electron chi connectivity index (χ4n) is 5.10. The Bertz CT molecular complexity index is 1060. The van der Waals surface area contributed by atoms with Crippen molar-refractivity contribution < 1.29 is 23.4 Å². The average Bonchev–Trinajstić information content (AvgIpc) is 2.75. The van der Waals surface area contributed by atoms with Gasteiger partial charge in [0.25, 0.3) is 0 Å². The Morgan fingerprint density at radius 2 is 2.03 bits per heavy atom. The largest absolute Gasteiger partial charge is 0.471 e. The van der Waals surface area contributed by atoms with Gasteiger partial charge in [0.2, 0.25) is 17.7 Å². The second-order valence-corrected chi connectivity index (χ2v) is 10.4. The molecule has 0 saturated heterocycles. The normalized spacial score (nSPS) is 20.0. The molecule has 0 radical (unpaired) electrons. The van der Waals surface area contributed by atoms with Gasteiger partial charge in [0.15, 0.2) is 0 Å². The van der Waals surface area contributed by atoms with Crippen molar-refractivity contribution in [3.05, 3.63) is 58.8 Å². The summed E-state index contributed by atoms with van der Waals surface area (Å²) >= 11 is 0. The van der Waals surface area contributed by atoms with Crippen LogP contribution in [0.15, 0.2) is 30.3 Å². The average molecular weight is 488 g/mol. The summed E-state index contributed by atoms with van der Waals surface area (Å²) in [5.41, 5.74) is 1.69. The molecule has 6 nitrogen and oxygen atoms in total. The van der Waals surface area contributed by atoms with Crippen molar-refractivity contribution in [1.29, 1.82) is 0 Å². The maximum absolute atomic E-state index is 14.7. The quantitative estimate of drug-likeness (QED) is 0.466. The molecule has 4 rings (SSSR count). The van der Waals surface area contributed by atoms with Crippen LogP contribution in [0.5, 0.6) is 5.88 Å². The molecule has 3 N–H and O–H groups in total. The van der Waals surface area contributed by atoms with Crippen molar-refractivity contribution in [3.63, 3.8) is 0 Å². The Balaban J connectivity index is 1.52. The lowest BCUT2D eigenvalue weighted by atomic mass is 9.73. The molecule has 190 valence electrons. The van der Waals surface area contributed by atoms with Gasteiger partial charge in [-0.15, -0.1) is 0 Å². The lowest BCUT2D eigenvalue weighted by Gasteiger charge is -2.47. The summed E-state index contributed by atoms with van der Waals surface area (Å²) in [6, 6.07) is 7.22. The second-order valence-electron chi connectivity index (χ2n) is 10.4. The van der Waals surface area contributed by atoms with Gasteiger partial charge in [-0.3, -0.25) is 4.79 Å². The highest BCUT2D eigenvalue weighted by Crippen LogP contribution is 2.48. The maximum atomic E-state index is 14.7. The molecule has 1 saturated carbocycles. The van der Waals surface area contributed by atoms with Crippen molar-refractivity contribution in [2.75, 3.05) is 6.54 Å². The molecule has 8 heteroatoms. The third-order valence-corrected chi connectivity index (χ3v) is 6.97. The Hall–Kier alpha value is -2.58. The fourth-order valence-corrected chi connectivity index (χ4v) is 5.10. The van der Waals surface area contributed by atoms with E-state index in [2.05, 4.69) is 15.6 Å². The van der Waals surface area contributed by atoms with Gasteiger partial charge < -0.3 is 20.5 Å². The van der Waals surface area contributed by atoms with Gasteiger partial charge in [0, 0.05) is 37.1 Å². The zero-order chi connectivity index (χ0) is 25.2. The van der Waals surface area contributed by atoms with Crippen LogP contribution in [0, 0.1) is 17.7 Å². The molecule has 0 bridgehead atoms. The molecule has 2 aliphatic rings. The predicted octanol–water partition coefficient (Wildman–Crippen LogP) is 4.00. The van der Waals surface area contributed by atoms with Gasteiger partial charge in [-0.25, -0.2) is 4.39 Å². The van der Waals surface area contributed by atoms with E-state index >= 15 is 0 Å². The minimum absolute atomic E-state index is 0.167. The van der Waals surface area contributed by atoms with Crippen LogP contribution >= 0.6 is 0 Å². The van der Waals surface area contributed by atoms with E-state index < -0.39 is 18.1 Å². The van der Waals surface area contributed by atoms with Crippen molar-refractivity contribution in [2.24, 2.45) is 5.92 Å². The second kappa shape index (κ2) is 10.6. The van der Waals surface area contributed by atoms with Crippen LogP contribution in [-0.2, 0) is 17.6 Å². The van der Waals surface area contributed by atoms with E-state index in [-0.39, 0.29) is 35.8 Å². The van der Waals surface area contributed by atoms with E-state index in [1.54, 1.807) is 12.1 Å². The number of aliphatic hydroxyl groups excluding tert-OH is 1. The molecule has 2 aromatic rings. The number of aromatic nitrogens is 1. The summed E-state index contributed by atoms with van der Waals surface area (Å²) < 4.78 is 34.5. The number of carbonyl (C=O) groups is 1. The van der Waals surface area contributed by atoms with Crippen LogP contribution in [0.25, 0.3) is 0 Å². The van der Waals surface area contributed by atoms with E-state index in [0.717, 1.165) is 24.8 Å². The van der Waals surface area contributed by atoms with E-state index in [1.165, 1.54) is 19.1 Å². The van der Waals surface area contributed by atoms with E-state index in [9.17, 15) is 18.7 Å². The summed E-state index contributed by atoms with van der Waals surface area (Å²) in [7, 11) is 0. The molecule has 1 aromatic carbocycles. The number of amides is 1. The Morgan fingerprint density at radius 3 is 2.66 bits per heavy atom. The molecule has 2 heterocycles. The maximum Gasteiger partial charge on any atom is 0.221 e. The van der Waals surface area contributed by atoms with Gasteiger partial charge in [0.05, 0.1) is 12.1 Å². The number of nitrogens with zero attached hydrogens (tertiary/aromatic N) is 1. The Kier molecular flexibility index (Phi) is 7.71. The van der Waals surface area contributed by atoms with Crippen LogP contribution in [0.4, 0.5) is 8.78 Å².